The van der Waals surface area contributed by atoms with E-state index in [1.54, 1.807) is 13.0 Å². The van der Waals surface area contributed by atoms with Gasteiger partial charge in [-0.15, -0.1) is 0 Å². The van der Waals surface area contributed by atoms with E-state index in [1.807, 2.05) is 43.3 Å². The highest BCUT2D eigenvalue weighted by Gasteiger charge is 2.23. The third-order valence-electron chi connectivity index (χ3n) is 2.79. The summed E-state index contributed by atoms with van der Waals surface area (Å²) in [5.74, 6) is -0.581. The summed E-state index contributed by atoms with van der Waals surface area (Å²) in [6.45, 7) is 1.58. The Morgan fingerprint density at radius 2 is 1.74 bits per heavy atom. The predicted molar refractivity (Wildman–Crippen MR) is 73.6 cm³/mol. The third kappa shape index (κ3) is 2.91. The van der Waals surface area contributed by atoms with Crippen LogP contribution in [0, 0.1) is 0 Å². The number of allylic oxidation sites excluding steroid dienone is 2. The number of hydrogen-bond donors (Lipinski definition) is 0. The van der Waals surface area contributed by atoms with Gasteiger partial charge in [-0.25, -0.2) is 4.79 Å². The van der Waals surface area contributed by atoms with Gasteiger partial charge < -0.3 is 9.64 Å². The maximum atomic E-state index is 11.7. The molecule has 4 nitrogen and oxygen atoms in total. The Bertz CT molecular complexity index is 580. The van der Waals surface area contributed by atoms with Crippen LogP contribution >= 0.6 is 0 Å². The summed E-state index contributed by atoms with van der Waals surface area (Å²) in [5.41, 5.74) is 1.90. The van der Waals surface area contributed by atoms with Crippen molar-refractivity contribution in [3.8, 4) is 0 Å². The molecule has 0 atom stereocenters. The van der Waals surface area contributed by atoms with Crippen LogP contribution in [-0.4, -0.2) is 25.8 Å². The van der Waals surface area contributed by atoms with Gasteiger partial charge in [0, 0.05) is 25.9 Å². The Hall–Kier alpha value is -2.36. The first-order chi connectivity index (χ1) is 8.97. The molecule has 0 unspecified atom stereocenters. The van der Waals surface area contributed by atoms with Gasteiger partial charge in [0.25, 0.3) is 0 Å². The van der Waals surface area contributed by atoms with E-state index < -0.39 is 5.97 Å². The number of cyclic esters (lactones) is 1. The Balaban J connectivity index is 2.31. The summed E-state index contributed by atoms with van der Waals surface area (Å²) >= 11 is 0. The van der Waals surface area contributed by atoms with Crippen molar-refractivity contribution in [1.29, 1.82) is 0 Å². The molecule has 0 fully saturated rings. The number of rotatable bonds is 2. The van der Waals surface area contributed by atoms with E-state index in [9.17, 15) is 9.59 Å². The van der Waals surface area contributed by atoms with Crippen LogP contribution in [0.5, 0.6) is 0 Å². The minimum atomic E-state index is -0.596. The lowest BCUT2D eigenvalue weighted by Gasteiger charge is -2.13. The van der Waals surface area contributed by atoms with Crippen LogP contribution in [0.1, 0.15) is 12.5 Å². The third-order valence-corrected chi connectivity index (χ3v) is 2.79. The van der Waals surface area contributed by atoms with Crippen molar-refractivity contribution in [2.45, 2.75) is 6.92 Å². The molecule has 0 N–H and O–H groups in total. The molecule has 1 heterocycles. The van der Waals surface area contributed by atoms with E-state index in [-0.39, 0.29) is 11.4 Å². The molecule has 1 aromatic rings. The lowest BCUT2D eigenvalue weighted by Crippen LogP contribution is -2.19. The zero-order valence-electron chi connectivity index (χ0n) is 11.1. The van der Waals surface area contributed by atoms with Gasteiger partial charge in [0.1, 0.15) is 11.3 Å². The van der Waals surface area contributed by atoms with Gasteiger partial charge in [0.2, 0.25) is 0 Å². The molecule has 0 radical (unpaired) electrons. The Kier molecular flexibility index (Phi) is 3.51. The van der Waals surface area contributed by atoms with Crippen molar-refractivity contribution in [2.24, 2.45) is 0 Å². The zero-order valence-corrected chi connectivity index (χ0v) is 11.1. The van der Waals surface area contributed by atoms with E-state index in [2.05, 4.69) is 0 Å². The summed E-state index contributed by atoms with van der Waals surface area (Å²) < 4.78 is 4.93. The Morgan fingerprint density at radius 3 is 2.26 bits per heavy atom. The van der Waals surface area contributed by atoms with Crippen molar-refractivity contribution in [3.63, 3.8) is 0 Å². The van der Waals surface area contributed by atoms with E-state index in [4.69, 9.17) is 4.74 Å². The summed E-state index contributed by atoms with van der Waals surface area (Å²) in [5, 5.41) is 0. The second-order valence-corrected chi connectivity index (χ2v) is 4.55. The largest absolute Gasteiger partial charge is 0.428 e. The average Bonchev–Trinajstić information content (AvgIpc) is 2.34. The Labute approximate surface area is 112 Å². The fourth-order valence-corrected chi connectivity index (χ4v) is 1.76. The van der Waals surface area contributed by atoms with Crippen LogP contribution < -0.4 is 4.90 Å². The quantitative estimate of drug-likeness (QED) is 0.463. The Morgan fingerprint density at radius 1 is 1.11 bits per heavy atom. The van der Waals surface area contributed by atoms with Gasteiger partial charge in [-0.2, -0.15) is 0 Å². The molecule has 0 spiro atoms. The van der Waals surface area contributed by atoms with Crippen molar-refractivity contribution in [2.75, 3.05) is 19.0 Å². The fourth-order valence-electron chi connectivity index (χ4n) is 1.76. The highest BCUT2D eigenvalue weighted by Crippen LogP contribution is 2.19. The van der Waals surface area contributed by atoms with Crippen molar-refractivity contribution in [1.82, 2.24) is 0 Å². The number of benzene rings is 1. The summed E-state index contributed by atoms with van der Waals surface area (Å²) in [6, 6.07) is 7.56. The van der Waals surface area contributed by atoms with E-state index in [0.29, 0.717) is 5.76 Å². The first-order valence-corrected chi connectivity index (χ1v) is 5.91. The second kappa shape index (κ2) is 5.10. The predicted octanol–water partition coefficient (Wildman–Crippen LogP) is 2.17. The molecule has 0 saturated heterocycles. The summed E-state index contributed by atoms with van der Waals surface area (Å²) in [6.07, 6.45) is 2.87. The highest BCUT2D eigenvalue weighted by atomic mass is 16.5. The van der Waals surface area contributed by atoms with E-state index >= 15 is 0 Å². The molecule has 1 aromatic carbocycles. The van der Waals surface area contributed by atoms with Gasteiger partial charge in [-0.1, -0.05) is 12.1 Å². The van der Waals surface area contributed by atoms with Gasteiger partial charge in [0.15, 0.2) is 5.78 Å². The molecular formula is C15H15NO3. The molecule has 1 aliphatic rings. The van der Waals surface area contributed by atoms with Gasteiger partial charge in [0.05, 0.1) is 0 Å². The van der Waals surface area contributed by atoms with Gasteiger partial charge >= 0.3 is 5.97 Å². The van der Waals surface area contributed by atoms with Crippen molar-refractivity contribution in [3.05, 3.63) is 47.2 Å². The zero-order chi connectivity index (χ0) is 14.0. The molecule has 0 amide bonds. The molecule has 0 saturated carbocycles. The van der Waals surface area contributed by atoms with Crippen LogP contribution in [0.2, 0.25) is 0 Å². The number of anilines is 1. The molecule has 0 aromatic heterocycles. The number of esters is 1. The highest BCUT2D eigenvalue weighted by molar-refractivity contribution is 6.26. The van der Waals surface area contributed by atoms with Crippen LogP contribution in [0.15, 0.2) is 41.7 Å². The molecule has 1 aliphatic heterocycles. The van der Waals surface area contributed by atoms with Crippen molar-refractivity contribution >= 4 is 23.5 Å². The van der Waals surface area contributed by atoms with Crippen LogP contribution in [-0.2, 0) is 14.3 Å². The number of nitrogens with zero attached hydrogens (tertiary/aromatic N) is 1. The monoisotopic (exact) mass is 257 g/mol. The van der Waals surface area contributed by atoms with Crippen LogP contribution in [0.3, 0.4) is 0 Å². The number of ether oxygens (including phenoxy) is 1. The summed E-state index contributed by atoms with van der Waals surface area (Å²) in [7, 11) is 3.89. The SMILES string of the molecule is CC1=CC(=O)/C(=C/c2ccc(N(C)C)cc2)C(=O)O1. The van der Waals surface area contributed by atoms with E-state index in [1.165, 1.54) is 6.08 Å². The molecule has 4 heteroatoms. The average molecular weight is 257 g/mol. The fraction of sp³-hybridized carbons (Fsp3) is 0.200. The molecule has 2 rings (SSSR count). The maximum absolute atomic E-state index is 11.7. The molecular weight excluding hydrogens is 242 g/mol. The summed E-state index contributed by atoms with van der Waals surface area (Å²) in [4.78, 5) is 25.4. The minimum Gasteiger partial charge on any atom is -0.428 e. The van der Waals surface area contributed by atoms with Crippen LogP contribution in [0.4, 0.5) is 5.69 Å². The first-order valence-electron chi connectivity index (χ1n) is 5.91. The normalized spacial score (nSPS) is 17.2. The number of carbonyl (C=O) groups is 2. The topological polar surface area (TPSA) is 46.6 Å². The molecule has 0 bridgehead atoms. The smallest absolute Gasteiger partial charge is 0.347 e. The maximum Gasteiger partial charge on any atom is 0.347 e. The number of ketones is 1. The standard InChI is InChI=1S/C15H15NO3/c1-10-8-14(17)13(15(18)19-10)9-11-4-6-12(7-5-11)16(2)3/h4-9H,1-3H3/b13-9-. The molecule has 19 heavy (non-hydrogen) atoms. The lowest BCUT2D eigenvalue weighted by molar-refractivity contribution is -0.137. The van der Waals surface area contributed by atoms with Crippen LogP contribution in [0.25, 0.3) is 6.08 Å². The first kappa shape index (κ1) is 13.1. The van der Waals surface area contributed by atoms with Gasteiger partial charge in [-0.05, 0) is 30.7 Å². The van der Waals surface area contributed by atoms with Crippen molar-refractivity contribution < 1.29 is 14.3 Å². The lowest BCUT2D eigenvalue weighted by atomic mass is 10.0. The van der Waals surface area contributed by atoms with E-state index in [0.717, 1.165) is 11.3 Å². The second-order valence-electron chi connectivity index (χ2n) is 4.55. The molecule has 98 valence electrons. The number of hydrogen-bond acceptors (Lipinski definition) is 4. The molecule has 0 aliphatic carbocycles. The minimum absolute atomic E-state index is 0.0585. The van der Waals surface area contributed by atoms with Gasteiger partial charge in [-0.3, -0.25) is 4.79 Å². The number of carbonyl (C=O) groups excluding carboxylic acids is 2.